The number of fused-ring (bicyclic) bond motifs is 1. The van der Waals surface area contributed by atoms with Crippen LogP contribution in [0.4, 0.5) is 0 Å². The van der Waals surface area contributed by atoms with Crippen LogP contribution in [0.15, 0.2) is 24.5 Å². The van der Waals surface area contributed by atoms with Crippen LogP contribution in [-0.2, 0) is 19.5 Å². The summed E-state index contributed by atoms with van der Waals surface area (Å²) in [4.78, 5) is 15.2. The largest absolute Gasteiger partial charge is 0.294 e. The van der Waals surface area contributed by atoms with Crippen molar-refractivity contribution in [2.45, 2.75) is 26.4 Å². The Hall–Kier alpha value is -1.52. The molecule has 4 nitrogen and oxygen atoms in total. The number of halogens is 1. The van der Waals surface area contributed by atoms with Gasteiger partial charge in [-0.1, -0.05) is 17.7 Å². The van der Waals surface area contributed by atoms with E-state index in [1.165, 1.54) is 11.3 Å². The van der Waals surface area contributed by atoms with Crippen LogP contribution in [-0.4, -0.2) is 26.4 Å². The van der Waals surface area contributed by atoms with Gasteiger partial charge in [0.25, 0.3) is 0 Å². The SMILES string of the molecule is Cc1ncc2c(n1)CCN(Cc1cccnc1Cl)C2. The average molecular weight is 275 g/mol. The molecule has 3 heterocycles. The van der Waals surface area contributed by atoms with Gasteiger partial charge in [-0.15, -0.1) is 0 Å². The summed E-state index contributed by atoms with van der Waals surface area (Å²) in [6.45, 7) is 4.62. The van der Waals surface area contributed by atoms with Crippen LogP contribution in [0.5, 0.6) is 0 Å². The van der Waals surface area contributed by atoms with Crippen molar-refractivity contribution < 1.29 is 0 Å². The Bertz CT molecular complexity index is 600. The fraction of sp³-hybridized carbons (Fsp3) is 0.357. The molecule has 1 aliphatic heterocycles. The minimum Gasteiger partial charge on any atom is -0.294 e. The maximum Gasteiger partial charge on any atom is 0.133 e. The van der Waals surface area contributed by atoms with Crippen LogP contribution in [0.3, 0.4) is 0 Å². The van der Waals surface area contributed by atoms with Crippen molar-refractivity contribution in [3.05, 3.63) is 52.3 Å². The minimum atomic E-state index is 0.591. The lowest BCUT2D eigenvalue weighted by molar-refractivity contribution is 0.242. The van der Waals surface area contributed by atoms with Gasteiger partial charge in [0.2, 0.25) is 0 Å². The monoisotopic (exact) mass is 274 g/mol. The van der Waals surface area contributed by atoms with E-state index >= 15 is 0 Å². The van der Waals surface area contributed by atoms with Crippen molar-refractivity contribution >= 4 is 11.6 Å². The molecule has 0 saturated carbocycles. The number of aryl methyl sites for hydroxylation is 1. The Balaban J connectivity index is 1.76. The van der Waals surface area contributed by atoms with Crippen LogP contribution in [0.2, 0.25) is 5.15 Å². The van der Waals surface area contributed by atoms with E-state index in [0.717, 1.165) is 37.4 Å². The van der Waals surface area contributed by atoms with Crippen molar-refractivity contribution in [2.24, 2.45) is 0 Å². The topological polar surface area (TPSA) is 41.9 Å². The number of aromatic nitrogens is 3. The van der Waals surface area contributed by atoms with E-state index < -0.39 is 0 Å². The van der Waals surface area contributed by atoms with Gasteiger partial charge in [-0.3, -0.25) is 4.90 Å². The quantitative estimate of drug-likeness (QED) is 0.789. The maximum atomic E-state index is 6.10. The second-order valence-electron chi connectivity index (χ2n) is 4.80. The number of rotatable bonds is 2. The Morgan fingerprint density at radius 2 is 2.26 bits per heavy atom. The third-order valence-corrected chi connectivity index (χ3v) is 3.70. The van der Waals surface area contributed by atoms with Crippen LogP contribution in [0.25, 0.3) is 0 Å². The molecule has 0 aromatic carbocycles. The summed E-state index contributed by atoms with van der Waals surface area (Å²) in [5.74, 6) is 0.850. The third kappa shape index (κ3) is 2.74. The third-order valence-electron chi connectivity index (χ3n) is 3.36. The van der Waals surface area contributed by atoms with Crippen LogP contribution < -0.4 is 0 Å². The molecule has 0 atom stereocenters. The summed E-state index contributed by atoms with van der Waals surface area (Å²) in [6.07, 6.45) is 4.62. The Labute approximate surface area is 117 Å². The average Bonchev–Trinajstić information content (AvgIpc) is 2.41. The fourth-order valence-corrected chi connectivity index (χ4v) is 2.57. The fourth-order valence-electron chi connectivity index (χ4n) is 2.39. The van der Waals surface area contributed by atoms with E-state index in [2.05, 4.69) is 19.9 Å². The molecule has 0 saturated heterocycles. The standard InChI is InChI=1S/C14H15ClN4/c1-10-17-7-12-9-19(6-4-13(12)18-10)8-11-3-2-5-16-14(11)15/h2-3,5,7H,4,6,8-9H2,1H3. The highest BCUT2D eigenvalue weighted by Crippen LogP contribution is 2.20. The van der Waals surface area contributed by atoms with Gasteiger partial charge in [-0.2, -0.15) is 0 Å². The molecule has 19 heavy (non-hydrogen) atoms. The van der Waals surface area contributed by atoms with Gasteiger partial charge in [-0.05, 0) is 13.0 Å². The zero-order valence-electron chi connectivity index (χ0n) is 10.8. The summed E-state index contributed by atoms with van der Waals surface area (Å²) in [7, 11) is 0. The molecular formula is C14H15ClN4. The molecule has 0 unspecified atom stereocenters. The molecule has 2 aromatic rings. The lowest BCUT2D eigenvalue weighted by Crippen LogP contribution is -2.31. The molecule has 2 aromatic heterocycles. The van der Waals surface area contributed by atoms with Crippen LogP contribution in [0, 0.1) is 6.92 Å². The summed E-state index contributed by atoms with van der Waals surface area (Å²) in [5.41, 5.74) is 3.47. The Morgan fingerprint density at radius 1 is 1.37 bits per heavy atom. The molecule has 0 radical (unpaired) electrons. The number of hydrogen-bond donors (Lipinski definition) is 0. The van der Waals surface area contributed by atoms with Gasteiger partial charge in [0.15, 0.2) is 0 Å². The second-order valence-corrected chi connectivity index (χ2v) is 5.16. The first kappa shape index (κ1) is 12.5. The highest BCUT2D eigenvalue weighted by molar-refractivity contribution is 6.30. The summed E-state index contributed by atoms with van der Waals surface area (Å²) in [6, 6.07) is 3.95. The molecule has 5 heteroatoms. The molecular weight excluding hydrogens is 260 g/mol. The van der Waals surface area contributed by atoms with E-state index in [4.69, 9.17) is 11.6 Å². The molecule has 0 amide bonds. The van der Waals surface area contributed by atoms with Crippen molar-refractivity contribution in [1.29, 1.82) is 0 Å². The first-order valence-electron chi connectivity index (χ1n) is 6.35. The minimum absolute atomic E-state index is 0.591. The molecule has 0 spiro atoms. The predicted molar refractivity (Wildman–Crippen MR) is 73.8 cm³/mol. The summed E-state index contributed by atoms with van der Waals surface area (Å²) < 4.78 is 0. The molecule has 1 aliphatic rings. The van der Waals surface area contributed by atoms with Gasteiger partial charge in [-0.25, -0.2) is 15.0 Å². The first-order chi connectivity index (χ1) is 9.22. The van der Waals surface area contributed by atoms with E-state index in [9.17, 15) is 0 Å². The Morgan fingerprint density at radius 3 is 3.11 bits per heavy atom. The molecule has 0 aliphatic carbocycles. The molecule has 0 fully saturated rings. The number of pyridine rings is 1. The van der Waals surface area contributed by atoms with E-state index in [-0.39, 0.29) is 0 Å². The predicted octanol–water partition coefficient (Wildman–Crippen LogP) is 2.39. The maximum absolute atomic E-state index is 6.10. The summed E-state index contributed by atoms with van der Waals surface area (Å²) in [5, 5.41) is 0.591. The lowest BCUT2D eigenvalue weighted by Gasteiger charge is -2.28. The Kier molecular flexibility index (Phi) is 3.44. The molecule has 3 rings (SSSR count). The number of hydrogen-bond acceptors (Lipinski definition) is 4. The second kappa shape index (κ2) is 5.23. The smallest absolute Gasteiger partial charge is 0.133 e. The molecule has 0 bridgehead atoms. The van der Waals surface area contributed by atoms with Crippen molar-refractivity contribution in [1.82, 2.24) is 19.9 Å². The van der Waals surface area contributed by atoms with Gasteiger partial charge in [0.05, 0.1) is 0 Å². The zero-order valence-corrected chi connectivity index (χ0v) is 11.6. The van der Waals surface area contributed by atoms with E-state index in [1.54, 1.807) is 6.20 Å². The van der Waals surface area contributed by atoms with E-state index in [0.29, 0.717) is 5.15 Å². The lowest BCUT2D eigenvalue weighted by atomic mass is 10.1. The van der Waals surface area contributed by atoms with Gasteiger partial charge < -0.3 is 0 Å². The zero-order chi connectivity index (χ0) is 13.2. The summed E-state index contributed by atoms with van der Waals surface area (Å²) >= 11 is 6.10. The van der Waals surface area contributed by atoms with E-state index in [1.807, 2.05) is 25.3 Å². The van der Waals surface area contributed by atoms with Crippen LogP contribution in [0.1, 0.15) is 22.6 Å². The van der Waals surface area contributed by atoms with Gasteiger partial charge in [0, 0.05) is 55.3 Å². The molecule has 0 N–H and O–H groups in total. The van der Waals surface area contributed by atoms with Gasteiger partial charge in [0.1, 0.15) is 11.0 Å². The first-order valence-corrected chi connectivity index (χ1v) is 6.73. The number of nitrogens with zero attached hydrogens (tertiary/aromatic N) is 4. The normalized spacial score (nSPS) is 15.3. The van der Waals surface area contributed by atoms with Crippen LogP contribution >= 0.6 is 11.6 Å². The van der Waals surface area contributed by atoms with Crippen molar-refractivity contribution in [2.75, 3.05) is 6.54 Å². The highest BCUT2D eigenvalue weighted by atomic mass is 35.5. The molecule has 98 valence electrons. The highest BCUT2D eigenvalue weighted by Gasteiger charge is 2.18. The van der Waals surface area contributed by atoms with Gasteiger partial charge >= 0.3 is 0 Å². The van der Waals surface area contributed by atoms with Crippen molar-refractivity contribution in [3.63, 3.8) is 0 Å². The van der Waals surface area contributed by atoms with Crippen molar-refractivity contribution in [3.8, 4) is 0 Å².